The highest BCUT2D eigenvalue weighted by atomic mass is 32.2. The average molecular weight is 299 g/mol. The molecule has 1 aromatic rings. The van der Waals surface area contributed by atoms with E-state index < -0.39 is 0 Å². The summed E-state index contributed by atoms with van der Waals surface area (Å²) in [4.78, 5) is 16.5. The maximum atomic E-state index is 11.9. The quantitative estimate of drug-likeness (QED) is 0.682. The first-order chi connectivity index (χ1) is 10.2. The van der Waals surface area contributed by atoms with Crippen molar-refractivity contribution in [3.05, 3.63) is 22.9 Å². The van der Waals surface area contributed by atoms with E-state index >= 15 is 0 Å². The molecule has 1 heterocycles. The zero-order valence-corrected chi connectivity index (χ0v) is 12.8. The lowest BCUT2D eigenvalue weighted by Gasteiger charge is -2.17. The maximum Gasteiger partial charge on any atom is 0.234 e. The van der Waals surface area contributed by atoms with Crippen molar-refractivity contribution in [3.8, 4) is 18.4 Å². The Hall–Kier alpha value is -1.98. The van der Waals surface area contributed by atoms with E-state index in [-0.39, 0.29) is 17.7 Å². The predicted octanol–water partition coefficient (Wildman–Crippen LogP) is 2.06. The van der Waals surface area contributed by atoms with Crippen molar-refractivity contribution in [1.29, 1.82) is 5.26 Å². The number of terminal acetylenes is 1. The normalized spacial score (nSPS) is 14.4. The first-order valence-corrected chi connectivity index (χ1v) is 7.84. The van der Waals surface area contributed by atoms with Crippen LogP contribution in [0.4, 0.5) is 0 Å². The number of carbonyl (C=O) groups is 1. The van der Waals surface area contributed by atoms with Crippen molar-refractivity contribution in [2.75, 3.05) is 6.54 Å². The molecular formula is C16H17N3OS. The molecule has 1 N–H and O–H groups in total. The number of amides is 1. The Morgan fingerprint density at radius 1 is 1.57 bits per heavy atom. The Kier molecular flexibility index (Phi) is 5.25. The monoisotopic (exact) mass is 299 g/mol. The van der Waals surface area contributed by atoms with Gasteiger partial charge in [0.2, 0.25) is 5.91 Å². The number of aromatic nitrogens is 1. The van der Waals surface area contributed by atoms with Gasteiger partial charge >= 0.3 is 0 Å². The number of nitriles is 1. The van der Waals surface area contributed by atoms with Gasteiger partial charge in [0.15, 0.2) is 0 Å². The zero-order chi connectivity index (χ0) is 15.2. The first kappa shape index (κ1) is 15.4. The summed E-state index contributed by atoms with van der Waals surface area (Å²) >= 11 is 1.31. The largest absolute Gasteiger partial charge is 0.344 e. The van der Waals surface area contributed by atoms with Crippen molar-refractivity contribution in [3.63, 3.8) is 0 Å². The highest BCUT2D eigenvalue weighted by Crippen LogP contribution is 2.29. The second kappa shape index (κ2) is 7.15. The molecule has 1 amide bonds. The Morgan fingerprint density at radius 2 is 2.33 bits per heavy atom. The van der Waals surface area contributed by atoms with E-state index in [1.165, 1.54) is 17.3 Å². The second-order valence-electron chi connectivity index (χ2n) is 4.95. The molecule has 1 aromatic heterocycles. The molecule has 21 heavy (non-hydrogen) atoms. The zero-order valence-electron chi connectivity index (χ0n) is 12.0. The molecule has 108 valence electrons. The summed E-state index contributed by atoms with van der Waals surface area (Å²) in [7, 11) is 0. The molecule has 0 radical (unpaired) electrons. The summed E-state index contributed by atoms with van der Waals surface area (Å²) < 4.78 is 0. The van der Waals surface area contributed by atoms with Gasteiger partial charge in [-0.15, -0.1) is 6.42 Å². The fourth-order valence-corrected chi connectivity index (χ4v) is 3.21. The molecule has 0 spiro atoms. The van der Waals surface area contributed by atoms with Gasteiger partial charge in [-0.1, -0.05) is 17.7 Å². The lowest BCUT2D eigenvalue weighted by Crippen LogP contribution is -2.31. The van der Waals surface area contributed by atoms with E-state index in [4.69, 9.17) is 6.42 Å². The summed E-state index contributed by atoms with van der Waals surface area (Å²) in [6, 6.07) is 4.11. The minimum Gasteiger partial charge on any atom is -0.344 e. The minimum atomic E-state index is -0.334. The number of nitrogens with zero attached hydrogens (tertiary/aromatic N) is 2. The number of rotatable bonds is 4. The molecule has 1 aliphatic carbocycles. The van der Waals surface area contributed by atoms with Gasteiger partial charge in [0, 0.05) is 5.69 Å². The summed E-state index contributed by atoms with van der Waals surface area (Å²) in [5, 5.41) is 12.2. The fraction of sp³-hybridized carbons (Fsp3) is 0.438. The molecule has 1 unspecified atom stereocenters. The van der Waals surface area contributed by atoms with Gasteiger partial charge in [-0.3, -0.25) is 4.79 Å². The minimum absolute atomic E-state index is 0.138. The van der Waals surface area contributed by atoms with E-state index in [1.807, 2.05) is 6.07 Å². The van der Waals surface area contributed by atoms with Gasteiger partial charge in [-0.2, -0.15) is 5.26 Å². The van der Waals surface area contributed by atoms with Gasteiger partial charge in [0.05, 0.1) is 17.4 Å². The molecule has 0 aromatic carbocycles. The smallest absolute Gasteiger partial charge is 0.234 e. The van der Waals surface area contributed by atoms with Crippen LogP contribution in [0, 0.1) is 23.7 Å². The van der Waals surface area contributed by atoms with Gasteiger partial charge in [0.25, 0.3) is 0 Å². The standard InChI is InChI=1S/C16H17N3OS/c1-3-8-18-15(20)11(2)21-16-13(10-17)9-12-6-4-5-7-14(12)19-16/h1,9,11H,4-8H2,2H3,(H,18,20). The fourth-order valence-electron chi connectivity index (χ4n) is 2.29. The third-order valence-corrected chi connectivity index (χ3v) is 4.51. The molecule has 0 saturated heterocycles. The number of thioether (sulfide) groups is 1. The number of pyridine rings is 1. The van der Waals surface area contributed by atoms with Gasteiger partial charge in [-0.25, -0.2) is 4.98 Å². The molecular weight excluding hydrogens is 282 g/mol. The Balaban J connectivity index is 2.18. The second-order valence-corrected chi connectivity index (χ2v) is 6.28. The molecule has 0 bridgehead atoms. The average Bonchev–Trinajstić information content (AvgIpc) is 2.51. The Morgan fingerprint density at radius 3 is 3.05 bits per heavy atom. The Bertz CT molecular complexity index is 628. The van der Waals surface area contributed by atoms with Crippen LogP contribution in [-0.4, -0.2) is 22.7 Å². The summed E-state index contributed by atoms with van der Waals surface area (Å²) in [6.07, 6.45) is 9.34. The molecule has 2 rings (SSSR count). The Labute approximate surface area is 129 Å². The van der Waals surface area contributed by atoms with Crippen molar-refractivity contribution in [1.82, 2.24) is 10.3 Å². The summed E-state index contributed by atoms with van der Waals surface area (Å²) in [5.74, 6) is 2.23. The molecule has 0 saturated carbocycles. The molecule has 1 aliphatic rings. The van der Waals surface area contributed by atoms with Crippen LogP contribution >= 0.6 is 11.8 Å². The third-order valence-electron chi connectivity index (χ3n) is 3.41. The summed E-state index contributed by atoms with van der Waals surface area (Å²) in [6.45, 7) is 2.01. The van der Waals surface area contributed by atoms with Crippen molar-refractivity contribution in [2.24, 2.45) is 0 Å². The van der Waals surface area contributed by atoms with E-state index in [2.05, 4.69) is 22.3 Å². The molecule has 4 nitrogen and oxygen atoms in total. The molecule has 1 atom stereocenters. The maximum absolute atomic E-state index is 11.9. The van der Waals surface area contributed by atoms with E-state index in [9.17, 15) is 10.1 Å². The van der Waals surface area contributed by atoms with E-state index in [1.54, 1.807) is 6.92 Å². The van der Waals surface area contributed by atoms with Crippen LogP contribution in [0.25, 0.3) is 0 Å². The van der Waals surface area contributed by atoms with Crippen molar-refractivity contribution in [2.45, 2.75) is 42.9 Å². The lowest BCUT2D eigenvalue weighted by atomic mass is 9.95. The van der Waals surface area contributed by atoms with Gasteiger partial charge in [-0.05, 0) is 44.2 Å². The molecule has 5 heteroatoms. The van der Waals surface area contributed by atoms with Crippen LogP contribution in [0.1, 0.15) is 36.6 Å². The molecule has 0 fully saturated rings. The van der Waals surface area contributed by atoms with E-state index in [0.717, 1.165) is 31.4 Å². The highest BCUT2D eigenvalue weighted by Gasteiger charge is 2.20. The predicted molar refractivity (Wildman–Crippen MR) is 82.8 cm³/mol. The van der Waals surface area contributed by atoms with Crippen LogP contribution in [0.15, 0.2) is 11.1 Å². The topological polar surface area (TPSA) is 65.8 Å². The summed E-state index contributed by atoms with van der Waals surface area (Å²) in [5.41, 5.74) is 2.79. The number of hydrogen-bond acceptors (Lipinski definition) is 4. The SMILES string of the molecule is C#CCNC(=O)C(C)Sc1nc2c(cc1C#N)CCCC2. The third kappa shape index (κ3) is 3.77. The highest BCUT2D eigenvalue weighted by molar-refractivity contribution is 8.00. The van der Waals surface area contributed by atoms with Crippen LogP contribution < -0.4 is 5.32 Å². The number of hydrogen-bond donors (Lipinski definition) is 1. The van der Waals surface area contributed by atoms with E-state index in [0.29, 0.717) is 10.6 Å². The molecule has 0 aliphatic heterocycles. The van der Waals surface area contributed by atoms with Gasteiger partial charge in [0.1, 0.15) is 11.1 Å². The first-order valence-electron chi connectivity index (χ1n) is 6.96. The van der Waals surface area contributed by atoms with Crippen molar-refractivity contribution >= 4 is 17.7 Å². The number of carbonyl (C=O) groups excluding carboxylic acids is 1. The van der Waals surface area contributed by atoms with Crippen molar-refractivity contribution < 1.29 is 4.79 Å². The lowest BCUT2D eigenvalue weighted by molar-refractivity contribution is -0.120. The van der Waals surface area contributed by atoms with Crippen LogP contribution in [0.2, 0.25) is 0 Å². The number of nitrogens with one attached hydrogen (secondary N) is 1. The van der Waals surface area contributed by atoms with Gasteiger partial charge < -0.3 is 5.32 Å². The number of aryl methyl sites for hydroxylation is 2. The van der Waals surface area contributed by atoms with Crippen LogP contribution in [0.3, 0.4) is 0 Å². The van der Waals surface area contributed by atoms with Crippen LogP contribution in [-0.2, 0) is 17.6 Å². The van der Waals surface area contributed by atoms with Crippen LogP contribution in [0.5, 0.6) is 0 Å². The number of fused-ring (bicyclic) bond motifs is 1.